The molecule has 0 radical (unpaired) electrons. The van der Waals surface area contributed by atoms with E-state index >= 15 is 0 Å². The highest BCUT2D eigenvalue weighted by Crippen LogP contribution is 2.36. The Bertz CT molecular complexity index is 919. The van der Waals surface area contributed by atoms with Crippen LogP contribution in [0.5, 0.6) is 5.75 Å². The molecule has 2 aromatic carbocycles. The van der Waals surface area contributed by atoms with Gasteiger partial charge in [0.05, 0.1) is 12.5 Å². The topological polar surface area (TPSA) is 50.8 Å². The molecule has 2 saturated heterocycles. The second-order valence-corrected chi connectivity index (χ2v) is 9.27. The molecule has 33 heavy (non-hydrogen) atoms. The molecule has 0 bridgehead atoms. The first-order valence-electron chi connectivity index (χ1n) is 12.1. The van der Waals surface area contributed by atoms with E-state index in [1.54, 1.807) is 13.2 Å². The molecule has 1 amide bonds. The smallest absolute Gasteiger partial charge is 0.226 e. The summed E-state index contributed by atoms with van der Waals surface area (Å²) in [4.78, 5) is 15.8. The summed E-state index contributed by atoms with van der Waals surface area (Å²) in [5.41, 5.74) is 2.27. The minimum Gasteiger partial charge on any atom is -0.496 e. The standard InChI is InChI=1S/C27H35FN2O3/c1-32-25-10-9-23(28)19-24(25)22-7-5-21(6-8-22)20-27(11-17-33-18-12-27)26(31)29-13-16-30-14-3-2-4-15-30/h5-10,19H,2-4,11-18,20H2,1H3,(H,29,31). The van der Waals surface area contributed by atoms with Crippen LogP contribution in [0.15, 0.2) is 42.5 Å². The van der Waals surface area contributed by atoms with Crippen LogP contribution in [0.25, 0.3) is 11.1 Å². The molecule has 0 aliphatic carbocycles. The maximum absolute atomic E-state index is 13.8. The van der Waals surface area contributed by atoms with Gasteiger partial charge in [-0.05, 0) is 74.5 Å². The van der Waals surface area contributed by atoms with Gasteiger partial charge in [-0.25, -0.2) is 4.39 Å². The third-order valence-corrected chi connectivity index (χ3v) is 7.06. The number of nitrogens with zero attached hydrogens (tertiary/aromatic N) is 1. The van der Waals surface area contributed by atoms with Gasteiger partial charge in [0.2, 0.25) is 5.91 Å². The van der Waals surface area contributed by atoms with Crippen molar-refractivity contribution in [2.75, 3.05) is 46.5 Å². The zero-order valence-corrected chi connectivity index (χ0v) is 19.6. The fraction of sp³-hybridized carbons (Fsp3) is 0.519. The molecule has 0 atom stereocenters. The monoisotopic (exact) mass is 454 g/mol. The van der Waals surface area contributed by atoms with E-state index in [4.69, 9.17) is 9.47 Å². The Labute approximate surface area is 196 Å². The van der Waals surface area contributed by atoms with Crippen LogP contribution in [0.2, 0.25) is 0 Å². The fourth-order valence-electron chi connectivity index (χ4n) is 5.04. The highest BCUT2D eigenvalue weighted by molar-refractivity contribution is 5.83. The summed E-state index contributed by atoms with van der Waals surface area (Å²) in [6, 6.07) is 12.6. The highest BCUT2D eigenvalue weighted by Gasteiger charge is 2.40. The molecule has 4 rings (SSSR count). The third-order valence-electron chi connectivity index (χ3n) is 7.06. The molecule has 1 N–H and O–H groups in total. The van der Waals surface area contributed by atoms with E-state index in [9.17, 15) is 9.18 Å². The van der Waals surface area contributed by atoms with Crippen LogP contribution < -0.4 is 10.1 Å². The zero-order valence-electron chi connectivity index (χ0n) is 19.6. The normalized spacial score (nSPS) is 18.6. The van der Waals surface area contributed by atoms with Crippen LogP contribution in [0.1, 0.15) is 37.7 Å². The maximum Gasteiger partial charge on any atom is 0.226 e. The van der Waals surface area contributed by atoms with Gasteiger partial charge in [0, 0.05) is 31.9 Å². The Morgan fingerprint density at radius 3 is 2.52 bits per heavy atom. The Balaban J connectivity index is 1.43. The van der Waals surface area contributed by atoms with Gasteiger partial charge in [-0.2, -0.15) is 0 Å². The second-order valence-electron chi connectivity index (χ2n) is 9.27. The summed E-state index contributed by atoms with van der Waals surface area (Å²) in [5.74, 6) is 0.481. The third kappa shape index (κ3) is 5.92. The van der Waals surface area contributed by atoms with Crippen molar-refractivity contribution in [2.24, 2.45) is 5.41 Å². The van der Waals surface area contributed by atoms with E-state index in [2.05, 4.69) is 10.2 Å². The van der Waals surface area contributed by atoms with Gasteiger partial charge < -0.3 is 19.7 Å². The predicted octanol–water partition coefficient (Wildman–Crippen LogP) is 4.44. The number of hydrogen-bond donors (Lipinski definition) is 1. The Kier molecular flexibility index (Phi) is 7.99. The van der Waals surface area contributed by atoms with Crippen molar-refractivity contribution in [3.8, 4) is 16.9 Å². The minimum absolute atomic E-state index is 0.138. The number of halogens is 1. The molecule has 0 unspecified atom stereocenters. The summed E-state index contributed by atoms with van der Waals surface area (Å²) in [5, 5.41) is 3.22. The molecule has 0 saturated carbocycles. The lowest BCUT2D eigenvalue weighted by Gasteiger charge is -2.36. The molecular formula is C27H35FN2O3. The summed E-state index contributed by atoms with van der Waals surface area (Å²) >= 11 is 0. The number of carbonyl (C=O) groups excluding carboxylic acids is 1. The van der Waals surface area contributed by atoms with E-state index in [1.165, 1.54) is 31.4 Å². The molecule has 5 nitrogen and oxygen atoms in total. The first-order valence-corrected chi connectivity index (χ1v) is 12.1. The van der Waals surface area contributed by atoms with Gasteiger partial charge >= 0.3 is 0 Å². The van der Waals surface area contributed by atoms with E-state index < -0.39 is 5.41 Å². The number of hydrogen-bond acceptors (Lipinski definition) is 4. The van der Waals surface area contributed by atoms with Crippen molar-refractivity contribution in [1.29, 1.82) is 0 Å². The lowest BCUT2D eigenvalue weighted by Crippen LogP contribution is -2.48. The number of methoxy groups -OCH3 is 1. The van der Waals surface area contributed by atoms with Gasteiger partial charge in [0.25, 0.3) is 0 Å². The molecule has 0 aromatic heterocycles. The van der Waals surface area contributed by atoms with E-state index in [0.717, 1.165) is 49.2 Å². The van der Waals surface area contributed by atoms with Gasteiger partial charge in [-0.15, -0.1) is 0 Å². The largest absolute Gasteiger partial charge is 0.496 e. The molecular weight excluding hydrogens is 419 g/mol. The van der Waals surface area contributed by atoms with Gasteiger partial charge in [-0.1, -0.05) is 30.7 Å². The number of piperidine rings is 1. The van der Waals surface area contributed by atoms with Crippen molar-refractivity contribution >= 4 is 5.91 Å². The van der Waals surface area contributed by atoms with Crippen LogP contribution in [-0.2, 0) is 16.0 Å². The molecule has 2 heterocycles. The number of likely N-dealkylation sites (tertiary alicyclic amines) is 1. The van der Waals surface area contributed by atoms with Crippen molar-refractivity contribution in [2.45, 2.75) is 38.5 Å². The van der Waals surface area contributed by atoms with E-state index in [1.807, 2.05) is 24.3 Å². The summed E-state index contributed by atoms with van der Waals surface area (Å²) in [6.07, 6.45) is 5.95. The Morgan fingerprint density at radius 2 is 1.82 bits per heavy atom. The van der Waals surface area contributed by atoms with Crippen molar-refractivity contribution < 1.29 is 18.7 Å². The zero-order chi connectivity index (χ0) is 23.1. The summed E-state index contributed by atoms with van der Waals surface area (Å²) < 4.78 is 24.8. The van der Waals surface area contributed by atoms with Gasteiger partial charge in [0.15, 0.2) is 0 Å². The van der Waals surface area contributed by atoms with Crippen molar-refractivity contribution in [1.82, 2.24) is 10.2 Å². The van der Waals surface area contributed by atoms with Crippen LogP contribution in [-0.4, -0.2) is 57.3 Å². The highest BCUT2D eigenvalue weighted by atomic mass is 19.1. The molecule has 178 valence electrons. The first kappa shape index (κ1) is 23.7. The maximum atomic E-state index is 13.8. The van der Waals surface area contributed by atoms with Gasteiger partial charge in [0.1, 0.15) is 11.6 Å². The SMILES string of the molecule is COc1ccc(F)cc1-c1ccc(CC2(C(=O)NCCN3CCCCC3)CCOCC2)cc1. The number of amides is 1. The number of carbonyl (C=O) groups is 1. The minimum atomic E-state index is -0.446. The predicted molar refractivity (Wildman–Crippen MR) is 128 cm³/mol. The summed E-state index contributed by atoms with van der Waals surface area (Å²) in [7, 11) is 1.59. The van der Waals surface area contributed by atoms with Crippen LogP contribution in [0, 0.1) is 11.2 Å². The lowest BCUT2D eigenvalue weighted by molar-refractivity contribution is -0.136. The average Bonchev–Trinajstić information content (AvgIpc) is 2.85. The van der Waals surface area contributed by atoms with Crippen molar-refractivity contribution in [3.63, 3.8) is 0 Å². The van der Waals surface area contributed by atoms with Gasteiger partial charge in [-0.3, -0.25) is 4.79 Å². The molecule has 2 fully saturated rings. The second kappa shape index (κ2) is 11.1. The number of nitrogens with one attached hydrogen (secondary N) is 1. The lowest BCUT2D eigenvalue weighted by atomic mass is 9.74. The van der Waals surface area contributed by atoms with Crippen LogP contribution in [0.4, 0.5) is 4.39 Å². The Morgan fingerprint density at radius 1 is 1.09 bits per heavy atom. The number of ether oxygens (including phenoxy) is 2. The Hall–Kier alpha value is -2.44. The van der Waals surface area contributed by atoms with Crippen LogP contribution in [0.3, 0.4) is 0 Å². The molecule has 0 spiro atoms. The summed E-state index contributed by atoms with van der Waals surface area (Å²) in [6.45, 7) is 5.10. The number of benzene rings is 2. The quantitative estimate of drug-likeness (QED) is 0.641. The number of rotatable bonds is 8. The van der Waals surface area contributed by atoms with Crippen LogP contribution >= 0.6 is 0 Å². The molecule has 2 aromatic rings. The van der Waals surface area contributed by atoms with E-state index in [-0.39, 0.29) is 11.7 Å². The molecule has 2 aliphatic heterocycles. The average molecular weight is 455 g/mol. The van der Waals surface area contributed by atoms with Crippen molar-refractivity contribution in [3.05, 3.63) is 53.8 Å². The fourth-order valence-corrected chi connectivity index (χ4v) is 5.04. The van der Waals surface area contributed by atoms with E-state index in [0.29, 0.717) is 31.9 Å². The molecule has 6 heteroatoms. The molecule has 2 aliphatic rings. The first-order chi connectivity index (χ1) is 16.1.